The van der Waals surface area contributed by atoms with Gasteiger partial charge in [-0.3, -0.25) is 4.79 Å². The van der Waals surface area contributed by atoms with E-state index in [4.69, 9.17) is 5.26 Å². The number of carbonyl (C=O) groups is 1. The maximum Gasteiger partial charge on any atom is 0.155 e. The van der Waals surface area contributed by atoms with Gasteiger partial charge in [0.2, 0.25) is 0 Å². The number of nitriles is 1. The fourth-order valence-corrected chi connectivity index (χ4v) is 2.31. The van der Waals surface area contributed by atoms with Crippen molar-refractivity contribution in [2.24, 2.45) is 0 Å². The van der Waals surface area contributed by atoms with Crippen LogP contribution in [0.15, 0.2) is 17.5 Å². The van der Waals surface area contributed by atoms with Crippen LogP contribution < -0.4 is 0 Å². The molecule has 2 rings (SSSR count). The molecule has 68 valence electrons. The Bertz CT molecular complexity index is 551. The van der Waals surface area contributed by atoms with Crippen molar-refractivity contribution in [3.8, 4) is 11.8 Å². The van der Waals surface area contributed by atoms with Crippen LogP contribution in [0.4, 0.5) is 0 Å². The standard InChI is InChI=1S/C10H5NO2S/c11-3-6-5-14-10-7(6)1-2-9(13)8(10)4-12/h1-2,4-5,13H. The average molecular weight is 203 g/mol. The lowest BCUT2D eigenvalue weighted by Crippen LogP contribution is -1.81. The molecule has 0 saturated heterocycles. The molecule has 3 nitrogen and oxygen atoms in total. The Morgan fingerprint density at radius 2 is 2.29 bits per heavy atom. The van der Waals surface area contributed by atoms with E-state index < -0.39 is 0 Å². The summed E-state index contributed by atoms with van der Waals surface area (Å²) in [5.74, 6) is -0.0427. The van der Waals surface area contributed by atoms with E-state index >= 15 is 0 Å². The van der Waals surface area contributed by atoms with Crippen molar-refractivity contribution in [1.29, 1.82) is 5.26 Å². The van der Waals surface area contributed by atoms with Crippen molar-refractivity contribution in [3.63, 3.8) is 0 Å². The summed E-state index contributed by atoms with van der Waals surface area (Å²) >= 11 is 1.29. The van der Waals surface area contributed by atoms with E-state index in [1.165, 1.54) is 17.4 Å². The van der Waals surface area contributed by atoms with Crippen molar-refractivity contribution >= 4 is 27.7 Å². The summed E-state index contributed by atoms with van der Waals surface area (Å²) in [5.41, 5.74) is 0.794. The highest BCUT2D eigenvalue weighted by Gasteiger charge is 2.10. The number of phenolic OH excluding ortho intramolecular Hbond substituents is 1. The van der Waals surface area contributed by atoms with Gasteiger partial charge in [-0.2, -0.15) is 5.26 Å². The minimum absolute atomic E-state index is 0.0427. The van der Waals surface area contributed by atoms with Crippen LogP contribution in [0.1, 0.15) is 15.9 Å². The van der Waals surface area contributed by atoms with Gasteiger partial charge in [0.25, 0.3) is 0 Å². The van der Waals surface area contributed by atoms with E-state index in [1.807, 2.05) is 6.07 Å². The molecule has 4 heteroatoms. The summed E-state index contributed by atoms with van der Waals surface area (Å²) in [4.78, 5) is 10.7. The van der Waals surface area contributed by atoms with Gasteiger partial charge in [-0.15, -0.1) is 11.3 Å². The van der Waals surface area contributed by atoms with Gasteiger partial charge in [-0.25, -0.2) is 0 Å². The number of aldehydes is 1. The van der Waals surface area contributed by atoms with Gasteiger partial charge in [0.1, 0.15) is 11.8 Å². The molecule has 0 spiro atoms. The SMILES string of the molecule is N#Cc1csc2c(C=O)c(O)ccc12. The van der Waals surface area contributed by atoms with Gasteiger partial charge >= 0.3 is 0 Å². The largest absolute Gasteiger partial charge is 0.507 e. The molecule has 14 heavy (non-hydrogen) atoms. The van der Waals surface area contributed by atoms with Crippen molar-refractivity contribution in [2.75, 3.05) is 0 Å². The van der Waals surface area contributed by atoms with E-state index in [0.29, 0.717) is 16.5 Å². The zero-order valence-corrected chi connectivity index (χ0v) is 7.84. The first kappa shape index (κ1) is 8.73. The summed E-state index contributed by atoms with van der Waals surface area (Å²) in [6, 6.07) is 5.11. The van der Waals surface area contributed by atoms with Crippen LogP contribution in [0, 0.1) is 11.3 Å². The normalized spacial score (nSPS) is 9.93. The molecule has 0 aliphatic heterocycles. The first-order valence-electron chi connectivity index (χ1n) is 3.86. The highest BCUT2D eigenvalue weighted by atomic mass is 32.1. The second-order valence-electron chi connectivity index (χ2n) is 2.75. The Morgan fingerprint density at radius 1 is 1.50 bits per heavy atom. The van der Waals surface area contributed by atoms with Crippen molar-refractivity contribution < 1.29 is 9.90 Å². The van der Waals surface area contributed by atoms with Gasteiger partial charge in [0, 0.05) is 15.5 Å². The second kappa shape index (κ2) is 3.13. The molecular formula is C10H5NO2S. The molecule has 1 aromatic carbocycles. The molecule has 0 aliphatic carbocycles. The van der Waals surface area contributed by atoms with Crippen molar-refractivity contribution in [2.45, 2.75) is 0 Å². The molecule has 1 heterocycles. The van der Waals surface area contributed by atoms with Gasteiger partial charge in [-0.1, -0.05) is 0 Å². The first-order valence-corrected chi connectivity index (χ1v) is 4.74. The Balaban J connectivity index is 2.92. The third-order valence-electron chi connectivity index (χ3n) is 2.00. The zero-order chi connectivity index (χ0) is 10.1. The molecule has 0 aliphatic rings. The van der Waals surface area contributed by atoms with Crippen LogP contribution >= 0.6 is 11.3 Å². The highest BCUT2D eigenvalue weighted by molar-refractivity contribution is 7.17. The molecule has 0 unspecified atom stereocenters. The Hall–Kier alpha value is -1.86. The fraction of sp³-hybridized carbons (Fsp3) is 0. The lowest BCUT2D eigenvalue weighted by molar-refractivity contribution is 0.112. The topological polar surface area (TPSA) is 61.1 Å². The van der Waals surface area contributed by atoms with Crippen LogP contribution in [0.2, 0.25) is 0 Å². The maximum absolute atomic E-state index is 10.7. The number of hydrogen-bond donors (Lipinski definition) is 1. The Morgan fingerprint density at radius 3 is 2.93 bits per heavy atom. The fourth-order valence-electron chi connectivity index (χ4n) is 1.31. The smallest absolute Gasteiger partial charge is 0.155 e. The molecular weight excluding hydrogens is 198 g/mol. The van der Waals surface area contributed by atoms with Gasteiger partial charge in [0.05, 0.1) is 11.1 Å². The summed E-state index contributed by atoms with van der Waals surface area (Å²) in [5, 5.41) is 20.5. The summed E-state index contributed by atoms with van der Waals surface area (Å²) in [7, 11) is 0. The predicted molar refractivity (Wildman–Crippen MR) is 53.6 cm³/mol. The minimum atomic E-state index is -0.0427. The number of rotatable bonds is 1. The highest BCUT2D eigenvalue weighted by Crippen LogP contribution is 2.32. The molecule has 1 N–H and O–H groups in total. The maximum atomic E-state index is 10.7. The van der Waals surface area contributed by atoms with Crippen LogP contribution in [0.5, 0.6) is 5.75 Å². The quantitative estimate of drug-likeness (QED) is 0.723. The summed E-state index contributed by atoms with van der Waals surface area (Å²) in [6.07, 6.45) is 0.606. The van der Waals surface area contributed by atoms with Gasteiger partial charge in [0.15, 0.2) is 6.29 Å². The second-order valence-corrected chi connectivity index (χ2v) is 3.63. The van der Waals surface area contributed by atoms with Crippen LogP contribution in [-0.4, -0.2) is 11.4 Å². The van der Waals surface area contributed by atoms with E-state index in [2.05, 4.69) is 0 Å². The number of aromatic hydroxyl groups is 1. The number of carbonyl (C=O) groups excluding carboxylic acids is 1. The minimum Gasteiger partial charge on any atom is -0.507 e. The van der Waals surface area contributed by atoms with Crippen LogP contribution in [0.25, 0.3) is 10.1 Å². The number of benzene rings is 1. The molecule has 2 aromatic rings. The number of fused-ring (bicyclic) bond motifs is 1. The first-order chi connectivity index (χ1) is 6.77. The Kier molecular flexibility index (Phi) is 1.95. The lowest BCUT2D eigenvalue weighted by Gasteiger charge is -1.97. The van der Waals surface area contributed by atoms with Crippen molar-refractivity contribution in [1.82, 2.24) is 0 Å². The molecule has 0 atom stereocenters. The van der Waals surface area contributed by atoms with E-state index in [9.17, 15) is 9.90 Å². The monoisotopic (exact) mass is 203 g/mol. The predicted octanol–water partition coefficient (Wildman–Crippen LogP) is 2.29. The van der Waals surface area contributed by atoms with Gasteiger partial charge in [-0.05, 0) is 12.1 Å². The molecule has 0 bridgehead atoms. The summed E-state index contributed by atoms with van der Waals surface area (Å²) < 4.78 is 0.663. The summed E-state index contributed by atoms with van der Waals surface area (Å²) in [6.45, 7) is 0. The average Bonchev–Trinajstić information content (AvgIpc) is 2.60. The van der Waals surface area contributed by atoms with E-state index in [0.717, 1.165) is 5.39 Å². The molecule has 0 radical (unpaired) electrons. The van der Waals surface area contributed by atoms with Crippen LogP contribution in [-0.2, 0) is 0 Å². The van der Waals surface area contributed by atoms with Crippen LogP contribution in [0.3, 0.4) is 0 Å². The molecule has 0 fully saturated rings. The third-order valence-corrected chi connectivity index (χ3v) is 3.03. The lowest BCUT2D eigenvalue weighted by atomic mass is 10.1. The number of nitrogens with zero attached hydrogens (tertiary/aromatic N) is 1. The molecule has 0 saturated carbocycles. The Labute approximate surface area is 83.8 Å². The molecule has 1 aromatic heterocycles. The number of phenols is 1. The number of thiophene rings is 1. The molecule has 0 amide bonds. The van der Waals surface area contributed by atoms with Crippen molar-refractivity contribution in [3.05, 3.63) is 28.6 Å². The van der Waals surface area contributed by atoms with E-state index in [-0.39, 0.29) is 11.3 Å². The zero-order valence-electron chi connectivity index (χ0n) is 7.02. The number of hydrogen-bond acceptors (Lipinski definition) is 4. The van der Waals surface area contributed by atoms with E-state index in [1.54, 1.807) is 11.4 Å². The third kappa shape index (κ3) is 1.07. The van der Waals surface area contributed by atoms with Gasteiger partial charge < -0.3 is 5.11 Å².